The molecule has 216 valence electrons. The topological polar surface area (TPSA) is 66.2 Å². The normalized spacial score (nSPS) is 16.0. The molecule has 0 spiro atoms. The Balaban J connectivity index is 1.75. The van der Waals surface area contributed by atoms with Crippen LogP contribution in [-0.2, 0) is 11.0 Å². The van der Waals surface area contributed by atoms with Gasteiger partial charge in [0.1, 0.15) is 17.9 Å². The van der Waals surface area contributed by atoms with Gasteiger partial charge in [0.2, 0.25) is 0 Å². The van der Waals surface area contributed by atoms with Crippen molar-refractivity contribution >= 4 is 23.3 Å². The number of urea groups is 1. The zero-order chi connectivity index (χ0) is 29.7. The van der Waals surface area contributed by atoms with Gasteiger partial charge in [-0.25, -0.2) is 14.5 Å². The van der Waals surface area contributed by atoms with Gasteiger partial charge in [-0.05, 0) is 62.9 Å². The average molecular weight is 559 g/mol. The van der Waals surface area contributed by atoms with E-state index in [4.69, 9.17) is 11.3 Å². The number of imide groups is 1. The number of benzene rings is 2. The Morgan fingerprint density at radius 2 is 1.77 bits per heavy atom. The summed E-state index contributed by atoms with van der Waals surface area (Å²) in [5.41, 5.74) is -2.22. The summed E-state index contributed by atoms with van der Waals surface area (Å²) in [6, 6.07) is 10.5. The van der Waals surface area contributed by atoms with E-state index in [0.29, 0.717) is 17.9 Å². The number of hydrogen-bond acceptors (Lipinski definition) is 4. The van der Waals surface area contributed by atoms with Gasteiger partial charge in [0.25, 0.3) is 5.91 Å². The number of carbonyl (C=O) groups is 2. The molecule has 3 amide bonds. The molecular formula is C30H37F3N4O3. The first kappa shape index (κ1) is 31.0. The molecule has 40 heavy (non-hydrogen) atoms. The van der Waals surface area contributed by atoms with Crippen molar-refractivity contribution in [2.24, 2.45) is 0 Å². The van der Waals surface area contributed by atoms with Crippen molar-refractivity contribution in [1.29, 1.82) is 0 Å². The summed E-state index contributed by atoms with van der Waals surface area (Å²) >= 11 is 0. The van der Waals surface area contributed by atoms with Crippen LogP contribution in [0.2, 0.25) is 0 Å². The Bertz CT molecular complexity index is 1250. The third kappa shape index (κ3) is 6.58. The van der Waals surface area contributed by atoms with Crippen molar-refractivity contribution in [3.05, 3.63) is 65.0 Å². The highest BCUT2D eigenvalue weighted by Gasteiger charge is 2.52. The summed E-state index contributed by atoms with van der Waals surface area (Å²) in [4.78, 5) is 31.4. The number of nitrogens with zero attached hydrogens (tertiary/aromatic N) is 3. The lowest BCUT2D eigenvalue weighted by atomic mass is 10.00. The molecule has 1 heterocycles. The van der Waals surface area contributed by atoms with Crippen LogP contribution in [0.25, 0.3) is 4.85 Å². The molecule has 1 aliphatic heterocycles. The van der Waals surface area contributed by atoms with Crippen LogP contribution in [0.3, 0.4) is 0 Å². The number of halogens is 3. The number of amides is 3. The highest BCUT2D eigenvalue weighted by atomic mass is 19.4. The Hall–Kier alpha value is -3.58. The predicted molar refractivity (Wildman–Crippen MR) is 148 cm³/mol. The number of carbonyl (C=O) groups excluding carboxylic acids is 2. The first-order valence-electron chi connectivity index (χ1n) is 13.6. The zero-order valence-corrected chi connectivity index (χ0v) is 23.6. The zero-order valence-electron chi connectivity index (χ0n) is 23.6. The Morgan fingerprint density at radius 1 is 1.07 bits per heavy atom. The van der Waals surface area contributed by atoms with Crippen molar-refractivity contribution in [3.63, 3.8) is 0 Å². The van der Waals surface area contributed by atoms with Crippen molar-refractivity contribution in [3.8, 4) is 5.75 Å². The molecule has 1 N–H and O–H groups in total. The largest absolute Gasteiger partial charge is 0.492 e. The summed E-state index contributed by atoms with van der Waals surface area (Å²) in [5, 5.41) is 3.72. The molecular weight excluding hydrogens is 521 g/mol. The van der Waals surface area contributed by atoms with E-state index in [-0.39, 0.29) is 24.9 Å². The fourth-order valence-corrected chi connectivity index (χ4v) is 4.95. The molecule has 2 aromatic rings. The lowest BCUT2D eigenvalue weighted by molar-refractivity contribution is -0.136. The molecule has 2 aromatic carbocycles. The summed E-state index contributed by atoms with van der Waals surface area (Å²) in [7, 11) is 0. The third-order valence-electron chi connectivity index (χ3n) is 7.33. The summed E-state index contributed by atoms with van der Waals surface area (Å²) in [6.07, 6.45) is -0.752. The van der Waals surface area contributed by atoms with Crippen molar-refractivity contribution in [2.45, 2.75) is 84.1 Å². The van der Waals surface area contributed by atoms with E-state index in [9.17, 15) is 22.8 Å². The fraction of sp³-hybridized carbons (Fsp3) is 0.500. The standard InChI is InChI=1S/C30H37F3N4O3/c1-7-11-25(35-21(8-2)9-3)20-12-10-13-23(18-20)40-17-16-36-28(39)37(27(38)29(36,4)5)22-14-15-26(34-6)24(19-22)30(31,32)33/h10,12-15,18-19,21,25,35H,7-9,11,16-17H2,1-5H3. The lowest BCUT2D eigenvalue weighted by Gasteiger charge is -2.27. The average Bonchev–Trinajstić information content (AvgIpc) is 3.09. The van der Waals surface area contributed by atoms with Crippen LogP contribution in [0.15, 0.2) is 42.5 Å². The number of ether oxygens (including phenoxy) is 1. The Morgan fingerprint density at radius 3 is 2.38 bits per heavy atom. The van der Waals surface area contributed by atoms with E-state index in [1.54, 1.807) is 13.8 Å². The maximum Gasteiger partial charge on any atom is 0.407 e. The molecule has 1 unspecified atom stereocenters. The molecule has 0 saturated carbocycles. The van der Waals surface area contributed by atoms with Gasteiger partial charge in [-0.3, -0.25) is 4.79 Å². The summed E-state index contributed by atoms with van der Waals surface area (Å²) in [6.45, 7) is 16.7. The molecule has 1 fully saturated rings. The molecule has 1 saturated heterocycles. The maximum absolute atomic E-state index is 13.5. The van der Waals surface area contributed by atoms with Gasteiger partial charge < -0.3 is 15.0 Å². The van der Waals surface area contributed by atoms with E-state index >= 15 is 0 Å². The minimum absolute atomic E-state index is 0.0505. The van der Waals surface area contributed by atoms with Crippen LogP contribution in [0.4, 0.5) is 29.3 Å². The highest BCUT2D eigenvalue weighted by Crippen LogP contribution is 2.40. The minimum atomic E-state index is -4.81. The van der Waals surface area contributed by atoms with Crippen LogP contribution in [-0.4, -0.2) is 41.6 Å². The minimum Gasteiger partial charge on any atom is -0.492 e. The van der Waals surface area contributed by atoms with Crippen LogP contribution in [0.1, 0.15) is 77.5 Å². The molecule has 0 radical (unpaired) electrons. The van der Waals surface area contributed by atoms with Gasteiger partial charge in [-0.1, -0.05) is 45.4 Å². The second kappa shape index (κ2) is 12.7. The van der Waals surface area contributed by atoms with E-state index in [1.165, 1.54) is 11.0 Å². The Kier molecular flexibility index (Phi) is 9.85. The number of anilines is 1. The number of hydrogen-bond donors (Lipinski definition) is 1. The summed E-state index contributed by atoms with van der Waals surface area (Å²) < 4.78 is 46.5. The monoisotopic (exact) mass is 558 g/mol. The van der Waals surface area contributed by atoms with Gasteiger partial charge in [0.15, 0.2) is 5.69 Å². The van der Waals surface area contributed by atoms with Crippen LogP contribution < -0.4 is 15.0 Å². The molecule has 0 bridgehead atoms. The van der Waals surface area contributed by atoms with E-state index in [0.717, 1.165) is 42.2 Å². The van der Waals surface area contributed by atoms with Crippen LogP contribution in [0, 0.1) is 6.57 Å². The number of alkyl halides is 3. The van der Waals surface area contributed by atoms with Crippen molar-refractivity contribution in [1.82, 2.24) is 10.2 Å². The molecule has 10 heteroatoms. The van der Waals surface area contributed by atoms with Crippen molar-refractivity contribution in [2.75, 3.05) is 18.1 Å². The van der Waals surface area contributed by atoms with E-state index < -0.39 is 34.9 Å². The Labute approximate surface area is 234 Å². The van der Waals surface area contributed by atoms with Gasteiger partial charge >= 0.3 is 12.2 Å². The fourth-order valence-electron chi connectivity index (χ4n) is 4.95. The van der Waals surface area contributed by atoms with E-state index in [1.807, 2.05) is 18.2 Å². The first-order chi connectivity index (χ1) is 18.9. The summed E-state index contributed by atoms with van der Waals surface area (Å²) in [5.74, 6) is -0.0276. The molecule has 1 aliphatic rings. The number of rotatable bonds is 12. The second-order valence-electron chi connectivity index (χ2n) is 10.4. The number of nitrogens with one attached hydrogen (secondary N) is 1. The highest BCUT2D eigenvalue weighted by molar-refractivity contribution is 6.23. The van der Waals surface area contributed by atoms with Crippen LogP contribution >= 0.6 is 0 Å². The third-order valence-corrected chi connectivity index (χ3v) is 7.33. The van der Waals surface area contributed by atoms with Crippen LogP contribution in [0.5, 0.6) is 5.75 Å². The maximum atomic E-state index is 13.5. The molecule has 0 aromatic heterocycles. The quantitative estimate of drug-likeness (QED) is 0.216. The lowest BCUT2D eigenvalue weighted by Crippen LogP contribution is -2.46. The van der Waals surface area contributed by atoms with Gasteiger partial charge in [-0.15, -0.1) is 0 Å². The molecule has 7 nitrogen and oxygen atoms in total. The van der Waals surface area contributed by atoms with Gasteiger partial charge in [0, 0.05) is 12.1 Å². The van der Waals surface area contributed by atoms with Gasteiger partial charge in [-0.2, -0.15) is 13.2 Å². The SMILES string of the molecule is [C-]#[N+]c1ccc(N2C(=O)N(CCOc3cccc(C(CCC)NC(CC)CC)c3)C(C)(C)C2=O)cc1C(F)(F)F. The molecule has 1 atom stereocenters. The van der Waals surface area contributed by atoms with Gasteiger partial charge in [0.05, 0.1) is 24.4 Å². The molecule has 3 rings (SSSR count). The van der Waals surface area contributed by atoms with Crippen molar-refractivity contribution < 1.29 is 27.5 Å². The predicted octanol–water partition coefficient (Wildman–Crippen LogP) is 7.50. The molecule has 0 aliphatic carbocycles. The first-order valence-corrected chi connectivity index (χ1v) is 13.6. The second-order valence-corrected chi connectivity index (χ2v) is 10.4. The van der Waals surface area contributed by atoms with E-state index in [2.05, 4.69) is 37.0 Å². The smallest absolute Gasteiger partial charge is 0.407 e.